The molecule has 0 unspecified atom stereocenters. The van der Waals surface area contributed by atoms with Crippen molar-refractivity contribution in [3.8, 4) is 0 Å². The topological polar surface area (TPSA) is 75.7 Å². The predicted octanol–water partition coefficient (Wildman–Crippen LogP) is 3.61. The summed E-state index contributed by atoms with van der Waals surface area (Å²) in [5.41, 5.74) is 3.81. The maximum atomic E-state index is 12.6. The highest BCUT2D eigenvalue weighted by atomic mass is 16.5. The Morgan fingerprint density at radius 1 is 0.844 bits per heavy atom. The molecule has 0 fully saturated rings. The van der Waals surface area contributed by atoms with Gasteiger partial charge in [-0.05, 0) is 35.2 Å². The van der Waals surface area contributed by atoms with Crippen LogP contribution in [0.25, 0.3) is 0 Å². The molecular formula is C26H24N2O4. The zero-order valence-corrected chi connectivity index (χ0v) is 17.6. The van der Waals surface area contributed by atoms with E-state index in [0.717, 1.165) is 17.5 Å². The molecule has 2 amide bonds. The molecule has 3 aromatic rings. The van der Waals surface area contributed by atoms with Crippen molar-refractivity contribution in [1.29, 1.82) is 0 Å². The normalized spacial score (nSPS) is 12.6. The molecule has 1 heterocycles. The summed E-state index contributed by atoms with van der Waals surface area (Å²) in [6.45, 7) is 0.769. The number of nitrogens with one attached hydrogen (secondary N) is 1. The number of carbonyl (C=O) groups excluding carboxylic acids is 3. The fourth-order valence-corrected chi connectivity index (χ4v) is 3.75. The summed E-state index contributed by atoms with van der Waals surface area (Å²) >= 11 is 0. The fourth-order valence-electron chi connectivity index (χ4n) is 3.75. The van der Waals surface area contributed by atoms with Gasteiger partial charge in [-0.2, -0.15) is 0 Å². The molecule has 1 N–H and O–H groups in total. The summed E-state index contributed by atoms with van der Waals surface area (Å²) in [6, 6.07) is 24.0. The van der Waals surface area contributed by atoms with Crippen LogP contribution >= 0.6 is 0 Å². The van der Waals surface area contributed by atoms with Gasteiger partial charge in [0.15, 0.2) is 6.61 Å². The molecule has 32 heavy (non-hydrogen) atoms. The second-order valence-corrected chi connectivity index (χ2v) is 7.67. The van der Waals surface area contributed by atoms with E-state index in [1.54, 1.807) is 29.2 Å². The van der Waals surface area contributed by atoms with Crippen molar-refractivity contribution in [2.45, 2.75) is 19.4 Å². The fraction of sp³-hybridized carbons (Fsp3) is 0.192. The van der Waals surface area contributed by atoms with Crippen LogP contribution in [-0.4, -0.2) is 35.8 Å². The van der Waals surface area contributed by atoms with Crippen molar-refractivity contribution in [2.24, 2.45) is 0 Å². The molecule has 0 aromatic heterocycles. The molecule has 0 bridgehead atoms. The molecule has 6 heteroatoms. The van der Waals surface area contributed by atoms with Crippen LogP contribution in [0.5, 0.6) is 0 Å². The molecule has 0 spiro atoms. The van der Waals surface area contributed by atoms with Crippen molar-refractivity contribution >= 4 is 23.5 Å². The molecule has 6 nitrogen and oxygen atoms in total. The highest BCUT2D eigenvalue weighted by Gasteiger charge is 2.22. The Kier molecular flexibility index (Phi) is 6.60. The van der Waals surface area contributed by atoms with E-state index in [0.29, 0.717) is 18.8 Å². The lowest BCUT2D eigenvalue weighted by Gasteiger charge is -2.28. The van der Waals surface area contributed by atoms with Gasteiger partial charge in [0, 0.05) is 13.1 Å². The van der Waals surface area contributed by atoms with Crippen LogP contribution in [0.1, 0.15) is 27.0 Å². The first-order valence-corrected chi connectivity index (χ1v) is 10.5. The van der Waals surface area contributed by atoms with Crippen LogP contribution < -0.4 is 5.32 Å². The largest absolute Gasteiger partial charge is 0.452 e. The summed E-state index contributed by atoms with van der Waals surface area (Å²) in [5, 5.41) is 2.77. The van der Waals surface area contributed by atoms with Gasteiger partial charge in [-0.15, -0.1) is 0 Å². The molecule has 0 radical (unpaired) electrons. The van der Waals surface area contributed by atoms with E-state index in [2.05, 4.69) is 11.4 Å². The van der Waals surface area contributed by atoms with Crippen molar-refractivity contribution in [3.63, 3.8) is 0 Å². The Balaban J connectivity index is 1.35. The number of nitrogens with zero attached hydrogens (tertiary/aromatic N) is 1. The van der Waals surface area contributed by atoms with Crippen LogP contribution in [0.4, 0.5) is 5.69 Å². The smallest absolute Gasteiger partial charge is 0.340 e. The van der Waals surface area contributed by atoms with Crippen LogP contribution in [0.3, 0.4) is 0 Å². The summed E-state index contributed by atoms with van der Waals surface area (Å²) in [6.07, 6.45) is 0.977. The summed E-state index contributed by atoms with van der Waals surface area (Å²) in [7, 11) is 0. The number of carbonyl (C=O) groups is 3. The second kappa shape index (κ2) is 9.92. The molecule has 162 valence electrons. The molecule has 4 rings (SSSR count). The molecule has 0 aliphatic carbocycles. The number of anilines is 1. The quantitative estimate of drug-likeness (QED) is 0.609. The van der Waals surface area contributed by atoms with Gasteiger partial charge in [0.25, 0.3) is 5.91 Å². The van der Waals surface area contributed by atoms with E-state index in [1.165, 1.54) is 5.56 Å². The third-order valence-corrected chi connectivity index (χ3v) is 5.44. The Morgan fingerprint density at radius 2 is 1.53 bits per heavy atom. The first-order valence-electron chi connectivity index (χ1n) is 10.5. The minimum atomic E-state index is -0.647. The SMILES string of the molecule is O=C(Cc1ccccc1)Nc1ccccc1C(=O)OCC(=O)N1CCc2ccccc2C1. The first kappa shape index (κ1) is 21.3. The molecular weight excluding hydrogens is 404 g/mol. The van der Waals surface area contributed by atoms with E-state index in [-0.39, 0.29) is 30.4 Å². The highest BCUT2D eigenvalue weighted by molar-refractivity contribution is 6.02. The Hall–Kier alpha value is -3.93. The molecule has 1 aliphatic rings. The van der Waals surface area contributed by atoms with Gasteiger partial charge in [0.2, 0.25) is 5.91 Å². The number of amides is 2. The number of ether oxygens (including phenoxy) is 1. The van der Waals surface area contributed by atoms with E-state index in [1.807, 2.05) is 48.5 Å². The Bertz CT molecular complexity index is 1130. The van der Waals surface area contributed by atoms with Gasteiger partial charge in [-0.25, -0.2) is 4.79 Å². The second-order valence-electron chi connectivity index (χ2n) is 7.67. The third-order valence-electron chi connectivity index (χ3n) is 5.44. The molecule has 3 aromatic carbocycles. The van der Waals surface area contributed by atoms with E-state index < -0.39 is 5.97 Å². The number of fused-ring (bicyclic) bond motifs is 1. The average molecular weight is 428 g/mol. The maximum absolute atomic E-state index is 12.6. The zero-order chi connectivity index (χ0) is 22.3. The van der Waals surface area contributed by atoms with E-state index >= 15 is 0 Å². The van der Waals surface area contributed by atoms with Crippen molar-refractivity contribution in [3.05, 3.63) is 101 Å². The van der Waals surface area contributed by atoms with Gasteiger partial charge in [-0.3, -0.25) is 9.59 Å². The lowest BCUT2D eigenvalue weighted by atomic mass is 10.00. The molecule has 0 saturated heterocycles. The van der Waals surface area contributed by atoms with Gasteiger partial charge in [0.1, 0.15) is 0 Å². The number of benzene rings is 3. The average Bonchev–Trinajstić information content (AvgIpc) is 2.83. The van der Waals surface area contributed by atoms with Crippen molar-refractivity contribution in [2.75, 3.05) is 18.5 Å². The minimum Gasteiger partial charge on any atom is -0.452 e. The van der Waals surface area contributed by atoms with Gasteiger partial charge >= 0.3 is 5.97 Å². The lowest BCUT2D eigenvalue weighted by Crippen LogP contribution is -2.38. The van der Waals surface area contributed by atoms with Crippen molar-refractivity contribution < 1.29 is 19.1 Å². The number of hydrogen-bond donors (Lipinski definition) is 1. The summed E-state index contributed by atoms with van der Waals surface area (Å²) in [5.74, 6) is -1.12. The predicted molar refractivity (Wildman–Crippen MR) is 121 cm³/mol. The maximum Gasteiger partial charge on any atom is 0.340 e. The van der Waals surface area contributed by atoms with Gasteiger partial charge in [-0.1, -0.05) is 66.7 Å². The molecule has 1 aliphatic heterocycles. The number of para-hydroxylation sites is 1. The highest BCUT2D eigenvalue weighted by Crippen LogP contribution is 2.20. The van der Waals surface area contributed by atoms with Crippen LogP contribution in [0.2, 0.25) is 0 Å². The van der Waals surface area contributed by atoms with Crippen molar-refractivity contribution in [1.82, 2.24) is 4.90 Å². The lowest BCUT2D eigenvalue weighted by molar-refractivity contribution is -0.135. The Morgan fingerprint density at radius 3 is 2.34 bits per heavy atom. The number of hydrogen-bond acceptors (Lipinski definition) is 4. The molecule has 0 saturated carbocycles. The van der Waals surface area contributed by atoms with Gasteiger partial charge in [0.05, 0.1) is 17.7 Å². The number of esters is 1. The summed E-state index contributed by atoms with van der Waals surface area (Å²) < 4.78 is 5.29. The molecule has 0 atom stereocenters. The number of rotatable bonds is 6. The van der Waals surface area contributed by atoms with Crippen LogP contribution in [-0.2, 0) is 33.7 Å². The monoisotopic (exact) mass is 428 g/mol. The Labute approximate surface area is 186 Å². The van der Waals surface area contributed by atoms with E-state index in [4.69, 9.17) is 4.74 Å². The zero-order valence-electron chi connectivity index (χ0n) is 17.6. The third kappa shape index (κ3) is 5.21. The standard InChI is InChI=1S/C26H24N2O4/c29-24(16-19-8-2-1-3-9-19)27-23-13-7-6-12-22(23)26(31)32-18-25(30)28-15-14-20-10-4-5-11-21(20)17-28/h1-13H,14-18H2,(H,27,29). The van der Waals surface area contributed by atoms with E-state index in [9.17, 15) is 14.4 Å². The van der Waals surface area contributed by atoms with Crippen LogP contribution in [0, 0.1) is 0 Å². The minimum absolute atomic E-state index is 0.194. The van der Waals surface area contributed by atoms with Gasteiger partial charge < -0.3 is 15.0 Å². The first-order chi connectivity index (χ1) is 15.6. The summed E-state index contributed by atoms with van der Waals surface area (Å²) in [4.78, 5) is 39.3. The van der Waals surface area contributed by atoms with Crippen LogP contribution in [0.15, 0.2) is 78.9 Å².